The number of anilines is 2. The molecule has 0 aliphatic carbocycles. The minimum atomic E-state index is -0.441. The second-order valence-corrected chi connectivity index (χ2v) is 8.50. The third kappa shape index (κ3) is 4.02. The zero-order valence-electron chi connectivity index (χ0n) is 18.7. The molecule has 4 heterocycles. The van der Waals surface area contributed by atoms with Gasteiger partial charge in [0.05, 0.1) is 24.9 Å². The number of likely N-dealkylation sites (tertiary alicyclic amines) is 1. The Bertz CT molecular complexity index is 1190. The molecule has 1 aromatic carbocycles. The number of pyridine rings is 2. The van der Waals surface area contributed by atoms with Crippen LogP contribution in [0.3, 0.4) is 0 Å². The summed E-state index contributed by atoms with van der Waals surface area (Å²) in [4.78, 5) is 26.3. The summed E-state index contributed by atoms with van der Waals surface area (Å²) in [6, 6.07) is 12.3. The summed E-state index contributed by atoms with van der Waals surface area (Å²) >= 11 is 0. The van der Waals surface area contributed by atoms with Gasteiger partial charge in [0.1, 0.15) is 23.2 Å². The highest BCUT2D eigenvalue weighted by atomic mass is 19.1. The van der Waals surface area contributed by atoms with E-state index in [4.69, 9.17) is 9.72 Å². The van der Waals surface area contributed by atoms with Gasteiger partial charge in [-0.15, -0.1) is 0 Å². The summed E-state index contributed by atoms with van der Waals surface area (Å²) in [7, 11) is 3.62. The van der Waals surface area contributed by atoms with Crippen LogP contribution in [0.2, 0.25) is 0 Å². The molecule has 3 aromatic rings. The predicted molar refractivity (Wildman–Crippen MR) is 125 cm³/mol. The molecular formula is C25H26FN5O2. The van der Waals surface area contributed by atoms with E-state index in [1.165, 1.54) is 19.4 Å². The van der Waals surface area contributed by atoms with Crippen LogP contribution in [0.15, 0.2) is 48.7 Å². The molecule has 1 N–H and O–H groups in total. The van der Waals surface area contributed by atoms with Gasteiger partial charge in [0.25, 0.3) is 5.91 Å². The topological polar surface area (TPSA) is 70.6 Å². The summed E-state index contributed by atoms with van der Waals surface area (Å²) in [5.41, 5.74) is 1.85. The lowest BCUT2D eigenvalue weighted by Gasteiger charge is -2.30. The number of carbonyl (C=O) groups is 1. The Morgan fingerprint density at radius 2 is 1.91 bits per heavy atom. The van der Waals surface area contributed by atoms with E-state index in [9.17, 15) is 9.18 Å². The van der Waals surface area contributed by atoms with Gasteiger partial charge in [-0.05, 0) is 63.3 Å². The van der Waals surface area contributed by atoms with Gasteiger partial charge in [-0.2, -0.15) is 0 Å². The van der Waals surface area contributed by atoms with Crippen molar-refractivity contribution in [3.05, 3.63) is 65.6 Å². The lowest BCUT2D eigenvalue weighted by molar-refractivity contribution is 0.0996. The van der Waals surface area contributed by atoms with E-state index in [2.05, 4.69) is 22.2 Å². The van der Waals surface area contributed by atoms with Gasteiger partial charge < -0.3 is 15.0 Å². The molecule has 1 amide bonds. The summed E-state index contributed by atoms with van der Waals surface area (Å²) in [5.74, 6) is 1.07. The maximum atomic E-state index is 14.8. The second-order valence-electron chi connectivity index (χ2n) is 8.50. The van der Waals surface area contributed by atoms with Crippen LogP contribution in [-0.4, -0.2) is 54.1 Å². The highest BCUT2D eigenvalue weighted by Crippen LogP contribution is 2.38. The van der Waals surface area contributed by atoms with Gasteiger partial charge in [-0.1, -0.05) is 12.1 Å². The average Bonchev–Trinajstić information content (AvgIpc) is 3.17. The monoisotopic (exact) mass is 447 g/mol. The van der Waals surface area contributed by atoms with Crippen LogP contribution in [0.25, 0.3) is 11.3 Å². The minimum Gasteiger partial charge on any atom is -0.496 e. The molecule has 5 rings (SSSR count). The predicted octanol–water partition coefficient (Wildman–Crippen LogP) is 3.96. The fourth-order valence-electron chi connectivity index (χ4n) is 4.55. The number of carbonyl (C=O) groups excluding carboxylic acids is 1. The van der Waals surface area contributed by atoms with Crippen molar-refractivity contribution in [1.82, 2.24) is 14.9 Å². The first-order valence-corrected chi connectivity index (χ1v) is 11.1. The SMILES string of the molecule is COc1cccc(F)c1-c1nccc2c1CN(c1cccc(NC3CCN(C)CC3)n1)C2=O. The first kappa shape index (κ1) is 21.3. The van der Waals surface area contributed by atoms with Crippen LogP contribution >= 0.6 is 0 Å². The number of benzene rings is 1. The molecule has 0 radical (unpaired) electrons. The van der Waals surface area contributed by atoms with Crippen LogP contribution in [0, 0.1) is 5.82 Å². The molecule has 8 heteroatoms. The van der Waals surface area contributed by atoms with E-state index in [1.54, 1.807) is 23.1 Å². The number of nitrogens with one attached hydrogen (secondary N) is 1. The molecule has 0 saturated carbocycles. The number of nitrogens with zero attached hydrogens (tertiary/aromatic N) is 4. The zero-order valence-corrected chi connectivity index (χ0v) is 18.7. The maximum Gasteiger partial charge on any atom is 0.260 e. The molecule has 170 valence electrons. The van der Waals surface area contributed by atoms with Crippen molar-refractivity contribution in [2.75, 3.05) is 37.5 Å². The Morgan fingerprint density at radius 3 is 2.70 bits per heavy atom. The van der Waals surface area contributed by atoms with Gasteiger partial charge in [-0.25, -0.2) is 9.37 Å². The first-order chi connectivity index (χ1) is 16.0. The van der Waals surface area contributed by atoms with Crippen molar-refractivity contribution in [2.45, 2.75) is 25.4 Å². The van der Waals surface area contributed by atoms with Crippen LogP contribution < -0.4 is 15.0 Å². The largest absolute Gasteiger partial charge is 0.496 e. The Morgan fingerprint density at radius 1 is 1.12 bits per heavy atom. The van der Waals surface area contributed by atoms with Crippen molar-refractivity contribution >= 4 is 17.5 Å². The van der Waals surface area contributed by atoms with Gasteiger partial charge in [0, 0.05) is 23.4 Å². The van der Waals surface area contributed by atoms with Crippen molar-refractivity contribution < 1.29 is 13.9 Å². The number of rotatable bonds is 5. The molecule has 0 atom stereocenters. The molecule has 0 unspecified atom stereocenters. The van der Waals surface area contributed by atoms with E-state index in [0.717, 1.165) is 31.7 Å². The van der Waals surface area contributed by atoms with Crippen LogP contribution in [0.1, 0.15) is 28.8 Å². The van der Waals surface area contributed by atoms with Gasteiger partial charge >= 0.3 is 0 Å². The Kier molecular flexibility index (Phi) is 5.68. The number of hydrogen-bond acceptors (Lipinski definition) is 6. The maximum absolute atomic E-state index is 14.8. The summed E-state index contributed by atoms with van der Waals surface area (Å²) in [5, 5.41) is 3.51. The van der Waals surface area contributed by atoms with Crippen molar-refractivity contribution in [1.29, 1.82) is 0 Å². The summed E-state index contributed by atoms with van der Waals surface area (Å²) < 4.78 is 20.1. The number of aromatic nitrogens is 2. The quantitative estimate of drug-likeness (QED) is 0.639. The third-order valence-corrected chi connectivity index (χ3v) is 6.36. The third-order valence-electron chi connectivity index (χ3n) is 6.36. The lowest BCUT2D eigenvalue weighted by Crippen LogP contribution is -2.37. The number of halogens is 1. The van der Waals surface area contributed by atoms with Crippen LogP contribution in [0.4, 0.5) is 16.0 Å². The highest BCUT2D eigenvalue weighted by molar-refractivity contribution is 6.10. The van der Waals surface area contributed by atoms with E-state index >= 15 is 0 Å². The average molecular weight is 448 g/mol. The van der Waals surface area contributed by atoms with E-state index in [0.29, 0.717) is 34.4 Å². The molecule has 2 aromatic heterocycles. The lowest BCUT2D eigenvalue weighted by atomic mass is 10.0. The molecular weight excluding hydrogens is 421 g/mol. The molecule has 1 saturated heterocycles. The molecule has 0 bridgehead atoms. The van der Waals surface area contributed by atoms with Gasteiger partial charge in [0.15, 0.2) is 0 Å². The normalized spacial score (nSPS) is 16.7. The van der Waals surface area contributed by atoms with Crippen molar-refractivity contribution in [3.63, 3.8) is 0 Å². The van der Waals surface area contributed by atoms with Crippen LogP contribution in [-0.2, 0) is 6.54 Å². The molecule has 33 heavy (non-hydrogen) atoms. The second kappa shape index (κ2) is 8.78. The first-order valence-electron chi connectivity index (χ1n) is 11.1. The number of hydrogen-bond donors (Lipinski definition) is 1. The fraction of sp³-hybridized carbons (Fsp3) is 0.320. The Labute approximate surface area is 192 Å². The number of methoxy groups -OCH3 is 1. The Hall–Kier alpha value is -3.52. The van der Waals surface area contributed by atoms with Gasteiger partial charge in [0.2, 0.25) is 0 Å². The number of piperidine rings is 1. The van der Waals surface area contributed by atoms with Crippen molar-refractivity contribution in [3.8, 4) is 17.0 Å². The number of fused-ring (bicyclic) bond motifs is 1. The molecule has 2 aliphatic rings. The smallest absolute Gasteiger partial charge is 0.260 e. The van der Waals surface area contributed by atoms with Crippen LogP contribution in [0.5, 0.6) is 5.75 Å². The number of amides is 1. The summed E-state index contributed by atoms with van der Waals surface area (Å²) in [6.45, 7) is 2.36. The molecule has 7 nitrogen and oxygen atoms in total. The number of ether oxygens (including phenoxy) is 1. The standard InChI is InChI=1S/C25H26FN5O2/c1-30-13-10-16(11-14-30)28-21-7-4-8-22(29-21)31-15-18-17(25(31)32)9-12-27-24(18)23-19(26)5-3-6-20(23)33-2/h3-9,12,16H,10-11,13-15H2,1-2H3,(H,28,29). The molecule has 1 fully saturated rings. The van der Waals surface area contributed by atoms with E-state index < -0.39 is 5.82 Å². The highest BCUT2D eigenvalue weighted by Gasteiger charge is 2.33. The molecule has 0 spiro atoms. The van der Waals surface area contributed by atoms with E-state index in [1.807, 2.05) is 18.2 Å². The zero-order chi connectivity index (χ0) is 22.9. The Balaban J connectivity index is 1.44. The fourth-order valence-corrected chi connectivity index (χ4v) is 4.55. The summed E-state index contributed by atoms with van der Waals surface area (Å²) in [6.07, 6.45) is 3.64. The van der Waals surface area contributed by atoms with Crippen molar-refractivity contribution in [2.24, 2.45) is 0 Å². The van der Waals surface area contributed by atoms with Gasteiger partial charge in [-0.3, -0.25) is 14.7 Å². The van der Waals surface area contributed by atoms with E-state index in [-0.39, 0.29) is 18.0 Å². The molecule has 2 aliphatic heterocycles. The minimum absolute atomic E-state index is 0.173.